The third kappa shape index (κ3) is 5.88. The van der Waals surface area contributed by atoms with E-state index in [0.29, 0.717) is 28.3 Å². The van der Waals surface area contributed by atoms with Crippen LogP contribution in [-0.2, 0) is 4.84 Å². The van der Waals surface area contributed by atoms with Gasteiger partial charge in [0.25, 0.3) is 5.09 Å². The summed E-state index contributed by atoms with van der Waals surface area (Å²) in [4.78, 5) is 14.3. The summed E-state index contributed by atoms with van der Waals surface area (Å²) in [6.45, 7) is 1.99. The van der Waals surface area contributed by atoms with Crippen LogP contribution < -0.4 is 0 Å². The zero-order chi connectivity index (χ0) is 19.6. The molecule has 0 saturated carbocycles. The Morgan fingerprint density at radius 2 is 1.59 bits per heavy atom. The van der Waals surface area contributed by atoms with E-state index in [1.165, 1.54) is 0 Å². The van der Waals surface area contributed by atoms with Gasteiger partial charge in [-0.2, -0.15) is 0 Å². The van der Waals surface area contributed by atoms with Gasteiger partial charge in [-0.3, -0.25) is 0 Å². The summed E-state index contributed by atoms with van der Waals surface area (Å²) in [5, 5.41) is 31.5. The smallest absolute Gasteiger partial charge is 0.294 e. The predicted molar refractivity (Wildman–Crippen MR) is 106 cm³/mol. The van der Waals surface area contributed by atoms with Crippen molar-refractivity contribution in [2.75, 3.05) is 6.61 Å². The minimum absolute atomic E-state index is 0.178. The number of hydrogen-bond acceptors (Lipinski definition) is 5. The van der Waals surface area contributed by atoms with Crippen LogP contribution in [0.5, 0.6) is 11.5 Å². The fraction of sp³-hybridized carbons (Fsp3) is 0.429. The molecule has 0 unspecified atom stereocenters. The summed E-state index contributed by atoms with van der Waals surface area (Å²) in [6, 6.07) is 7.28. The fourth-order valence-corrected chi connectivity index (χ4v) is 3.16. The molecule has 2 N–H and O–H groups in total. The summed E-state index contributed by atoms with van der Waals surface area (Å²) in [6.07, 6.45) is 10.7. The number of aromatic hydroxyl groups is 2. The molecular weight excluding hydrogens is 346 g/mol. The van der Waals surface area contributed by atoms with Gasteiger partial charge in [-0.05, 0) is 26.2 Å². The number of benzene rings is 2. The number of fused-ring (bicyclic) bond motifs is 1. The molecule has 0 amide bonds. The zero-order valence-electron chi connectivity index (χ0n) is 15.7. The second-order valence-corrected chi connectivity index (χ2v) is 6.65. The van der Waals surface area contributed by atoms with Crippen molar-refractivity contribution in [2.45, 2.75) is 51.9 Å². The lowest BCUT2D eigenvalue weighted by molar-refractivity contribution is -0.757. The number of unbranched alkanes of at least 4 members (excludes halogenated alkanes) is 6. The highest BCUT2D eigenvalue weighted by atomic mass is 16.9. The normalized spacial score (nSPS) is 11.3. The molecule has 6 nitrogen and oxygen atoms in total. The van der Waals surface area contributed by atoms with Crippen LogP contribution in [-0.4, -0.2) is 21.9 Å². The van der Waals surface area contributed by atoms with Crippen LogP contribution in [0.15, 0.2) is 30.3 Å². The molecule has 6 heteroatoms. The van der Waals surface area contributed by atoms with Crippen LogP contribution in [0.3, 0.4) is 0 Å². The minimum atomic E-state index is -0.749. The highest BCUT2D eigenvalue weighted by molar-refractivity contribution is 5.97. The molecular formula is C21H27NO5. The second-order valence-electron chi connectivity index (χ2n) is 6.65. The summed E-state index contributed by atoms with van der Waals surface area (Å²) < 4.78 is 0. The lowest BCUT2D eigenvalue weighted by Crippen LogP contribution is -2.01. The van der Waals surface area contributed by atoms with Gasteiger partial charge < -0.3 is 15.1 Å². The van der Waals surface area contributed by atoms with E-state index in [0.717, 1.165) is 38.5 Å². The highest BCUT2D eigenvalue weighted by Crippen LogP contribution is 2.39. The number of allylic oxidation sites excluding steroid dienone is 1. The van der Waals surface area contributed by atoms with E-state index in [9.17, 15) is 20.3 Å². The number of phenols is 2. The molecule has 27 heavy (non-hydrogen) atoms. The average Bonchev–Trinajstić information content (AvgIpc) is 2.66. The van der Waals surface area contributed by atoms with Crippen molar-refractivity contribution < 1.29 is 20.1 Å². The van der Waals surface area contributed by atoms with Gasteiger partial charge in [0.15, 0.2) is 0 Å². The van der Waals surface area contributed by atoms with Crippen LogP contribution in [0.25, 0.3) is 16.8 Å². The Labute approximate surface area is 159 Å². The van der Waals surface area contributed by atoms with E-state index in [1.807, 2.05) is 31.2 Å². The summed E-state index contributed by atoms with van der Waals surface area (Å²) in [5.41, 5.74) is 1.34. The van der Waals surface area contributed by atoms with E-state index in [2.05, 4.69) is 4.84 Å². The van der Waals surface area contributed by atoms with E-state index in [-0.39, 0.29) is 18.1 Å². The molecule has 0 aliphatic carbocycles. The van der Waals surface area contributed by atoms with Gasteiger partial charge in [-0.25, -0.2) is 0 Å². The molecule has 0 fully saturated rings. The number of rotatable bonds is 11. The first-order valence-corrected chi connectivity index (χ1v) is 9.39. The molecule has 2 rings (SSSR count). The Kier molecular flexibility index (Phi) is 7.92. The Morgan fingerprint density at radius 3 is 2.26 bits per heavy atom. The predicted octanol–water partition coefficient (Wildman–Crippen LogP) is 5.51. The Morgan fingerprint density at radius 1 is 1.00 bits per heavy atom. The van der Waals surface area contributed by atoms with E-state index < -0.39 is 5.09 Å². The van der Waals surface area contributed by atoms with Crippen molar-refractivity contribution in [3.63, 3.8) is 0 Å². The molecule has 0 heterocycles. The Hall–Kier alpha value is -2.76. The van der Waals surface area contributed by atoms with Crippen molar-refractivity contribution in [3.05, 3.63) is 51.6 Å². The van der Waals surface area contributed by atoms with Crippen molar-refractivity contribution in [1.82, 2.24) is 0 Å². The number of nitrogens with zero attached hydrogens (tertiary/aromatic N) is 1. The number of phenolic OH excluding ortho intramolecular Hbond substituents is 2. The van der Waals surface area contributed by atoms with Gasteiger partial charge in [-0.1, -0.05) is 62.1 Å². The standard InChI is InChI=1S/C21H27NO5/c1-16-17(21(24)19-14-10-9-13-18(19)20(16)23)12-8-6-4-2-3-5-7-11-15-27-22(25)26/h8-10,12-14,23-24H,2-7,11,15H2,1H3. The Bertz CT molecular complexity index is 801. The van der Waals surface area contributed by atoms with Crippen molar-refractivity contribution in [2.24, 2.45) is 0 Å². The summed E-state index contributed by atoms with van der Waals surface area (Å²) in [7, 11) is 0. The van der Waals surface area contributed by atoms with Crippen molar-refractivity contribution in [3.8, 4) is 11.5 Å². The second kappa shape index (κ2) is 10.4. The van der Waals surface area contributed by atoms with Crippen LogP contribution in [0, 0.1) is 17.0 Å². The van der Waals surface area contributed by atoms with E-state index in [1.54, 1.807) is 12.1 Å². The largest absolute Gasteiger partial charge is 0.507 e. The third-order valence-electron chi connectivity index (χ3n) is 4.70. The maximum Gasteiger partial charge on any atom is 0.294 e. The van der Waals surface area contributed by atoms with Crippen molar-refractivity contribution in [1.29, 1.82) is 0 Å². The molecule has 0 radical (unpaired) electrons. The highest BCUT2D eigenvalue weighted by Gasteiger charge is 2.13. The molecule has 0 aliphatic rings. The molecule has 146 valence electrons. The quantitative estimate of drug-likeness (QED) is 0.234. The van der Waals surface area contributed by atoms with Crippen LogP contribution in [0.2, 0.25) is 0 Å². The van der Waals surface area contributed by atoms with Crippen LogP contribution >= 0.6 is 0 Å². The van der Waals surface area contributed by atoms with Crippen LogP contribution in [0.1, 0.15) is 56.1 Å². The van der Waals surface area contributed by atoms with Gasteiger partial charge in [0.05, 0.1) is 6.61 Å². The molecule has 0 atom stereocenters. The topological polar surface area (TPSA) is 92.8 Å². The fourth-order valence-electron chi connectivity index (χ4n) is 3.16. The lowest BCUT2D eigenvalue weighted by atomic mass is 9.98. The van der Waals surface area contributed by atoms with E-state index >= 15 is 0 Å². The molecule has 2 aromatic carbocycles. The monoisotopic (exact) mass is 373 g/mol. The maximum atomic E-state index is 10.5. The van der Waals surface area contributed by atoms with Gasteiger partial charge in [0, 0.05) is 21.9 Å². The summed E-state index contributed by atoms with van der Waals surface area (Å²) >= 11 is 0. The van der Waals surface area contributed by atoms with Gasteiger partial charge >= 0.3 is 0 Å². The third-order valence-corrected chi connectivity index (χ3v) is 4.70. The number of hydrogen-bond donors (Lipinski definition) is 2. The summed E-state index contributed by atoms with van der Waals surface area (Å²) in [5.74, 6) is 0.415. The zero-order valence-corrected chi connectivity index (χ0v) is 15.7. The molecule has 0 saturated heterocycles. The molecule has 2 aromatic rings. The first-order valence-electron chi connectivity index (χ1n) is 9.39. The average molecular weight is 373 g/mol. The SMILES string of the molecule is Cc1c(C=CCCCCCCCCO[N+](=O)[O-])c(O)c2ccccc2c1O. The molecule has 0 bridgehead atoms. The van der Waals surface area contributed by atoms with Gasteiger partial charge in [-0.15, -0.1) is 10.1 Å². The molecule has 0 spiro atoms. The first-order chi connectivity index (χ1) is 13.0. The minimum Gasteiger partial charge on any atom is -0.507 e. The maximum absolute atomic E-state index is 10.5. The molecule has 0 aromatic heterocycles. The van der Waals surface area contributed by atoms with Gasteiger partial charge in [0.1, 0.15) is 11.5 Å². The molecule has 0 aliphatic heterocycles. The van der Waals surface area contributed by atoms with Gasteiger partial charge in [0.2, 0.25) is 0 Å². The van der Waals surface area contributed by atoms with Crippen molar-refractivity contribution >= 4 is 16.8 Å². The van der Waals surface area contributed by atoms with Crippen LogP contribution in [0.4, 0.5) is 0 Å². The first kappa shape index (κ1) is 20.6. The van der Waals surface area contributed by atoms with E-state index in [4.69, 9.17) is 0 Å². The Balaban J connectivity index is 1.76. The lowest BCUT2D eigenvalue weighted by Gasteiger charge is -2.11.